The lowest BCUT2D eigenvalue weighted by Gasteiger charge is -2.12. The summed E-state index contributed by atoms with van der Waals surface area (Å²) in [6.45, 7) is 1.98. The standard InChI is InChI=1S/C14H19NO2/c16-13-5-3-11(4-6-13)10-14(17)12-2-1-8-15-9-7-12/h3-6,12,15-16H,1-2,7-10H2. The topological polar surface area (TPSA) is 49.3 Å². The fourth-order valence-electron chi connectivity index (χ4n) is 2.30. The molecular formula is C14H19NO2. The zero-order valence-electron chi connectivity index (χ0n) is 9.98. The molecule has 1 atom stereocenters. The second-order valence-corrected chi connectivity index (χ2v) is 4.69. The lowest BCUT2D eigenvalue weighted by atomic mass is 9.92. The van der Waals surface area contributed by atoms with E-state index in [-0.39, 0.29) is 11.7 Å². The van der Waals surface area contributed by atoms with Gasteiger partial charge in [-0.15, -0.1) is 0 Å². The highest BCUT2D eigenvalue weighted by atomic mass is 16.3. The molecule has 1 fully saturated rings. The molecule has 0 saturated carbocycles. The number of ketones is 1. The fourth-order valence-corrected chi connectivity index (χ4v) is 2.30. The van der Waals surface area contributed by atoms with Crippen LogP contribution in [-0.4, -0.2) is 24.0 Å². The van der Waals surface area contributed by atoms with Crippen molar-refractivity contribution in [2.24, 2.45) is 5.92 Å². The first kappa shape index (κ1) is 12.1. The number of hydrogen-bond acceptors (Lipinski definition) is 3. The van der Waals surface area contributed by atoms with Gasteiger partial charge >= 0.3 is 0 Å². The molecule has 0 aliphatic carbocycles. The van der Waals surface area contributed by atoms with Crippen LogP contribution >= 0.6 is 0 Å². The van der Waals surface area contributed by atoms with E-state index in [4.69, 9.17) is 0 Å². The normalized spacial score (nSPS) is 20.8. The minimum Gasteiger partial charge on any atom is -0.508 e. The molecule has 0 radical (unpaired) electrons. The van der Waals surface area contributed by atoms with Gasteiger partial charge < -0.3 is 10.4 Å². The maximum Gasteiger partial charge on any atom is 0.140 e. The molecule has 0 amide bonds. The summed E-state index contributed by atoms with van der Waals surface area (Å²) < 4.78 is 0. The molecule has 1 saturated heterocycles. The van der Waals surface area contributed by atoms with Crippen LogP contribution in [0.2, 0.25) is 0 Å². The zero-order chi connectivity index (χ0) is 12.1. The number of carbonyl (C=O) groups excluding carboxylic acids is 1. The molecular weight excluding hydrogens is 214 g/mol. The number of Topliss-reactive ketones (excluding diaryl/α,β-unsaturated/α-hetero) is 1. The number of rotatable bonds is 3. The number of phenolic OH excluding ortho intramolecular Hbond substituents is 1. The van der Waals surface area contributed by atoms with Crippen molar-refractivity contribution in [3.05, 3.63) is 29.8 Å². The van der Waals surface area contributed by atoms with Crippen molar-refractivity contribution in [1.29, 1.82) is 0 Å². The van der Waals surface area contributed by atoms with E-state index in [2.05, 4.69) is 5.32 Å². The summed E-state index contributed by atoms with van der Waals surface area (Å²) in [6, 6.07) is 6.92. The van der Waals surface area contributed by atoms with Crippen LogP contribution in [0.5, 0.6) is 5.75 Å². The molecule has 3 heteroatoms. The minimum atomic E-state index is 0.207. The smallest absolute Gasteiger partial charge is 0.140 e. The second kappa shape index (κ2) is 5.82. The number of benzene rings is 1. The third-order valence-electron chi connectivity index (χ3n) is 3.35. The number of carbonyl (C=O) groups is 1. The highest BCUT2D eigenvalue weighted by Crippen LogP contribution is 2.18. The Labute approximate surface area is 102 Å². The van der Waals surface area contributed by atoms with Crippen molar-refractivity contribution in [2.75, 3.05) is 13.1 Å². The van der Waals surface area contributed by atoms with Crippen LogP contribution in [0.3, 0.4) is 0 Å². The van der Waals surface area contributed by atoms with E-state index < -0.39 is 0 Å². The number of aromatic hydroxyl groups is 1. The van der Waals surface area contributed by atoms with E-state index in [9.17, 15) is 9.90 Å². The van der Waals surface area contributed by atoms with Crippen molar-refractivity contribution in [1.82, 2.24) is 5.32 Å². The third kappa shape index (κ3) is 3.56. The van der Waals surface area contributed by atoms with Crippen molar-refractivity contribution in [3.8, 4) is 5.75 Å². The first-order valence-corrected chi connectivity index (χ1v) is 6.27. The summed E-state index contributed by atoms with van der Waals surface area (Å²) in [4.78, 5) is 12.1. The summed E-state index contributed by atoms with van der Waals surface area (Å²) in [5.74, 6) is 0.790. The molecule has 1 aliphatic heterocycles. The maximum absolute atomic E-state index is 12.1. The molecule has 92 valence electrons. The van der Waals surface area contributed by atoms with Gasteiger partial charge in [-0.1, -0.05) is 12.1 Å². The second-order valence-electron chi connectivity index (χ2n) is 4.69. The van der Waals surface area contributed by atoms with Crippen molar-refractivity contribution in [2.45, 2.75) is 25.7 Å². The Bertz CT molecular complexity index is 364. The lowest BCUT2D eigenvalue weighted by Crippen LogP contribution is -2.19. The number of nitrogens with one attached hydrogen (secondary N) is 1. The molecule has 1 aromatic carbocycles. The molecule has 3 nitrogen and oxygen atoms in total. The average molecular weight is 233 g/mol. The van der Waals surface area contributed by atoms with Gasteiger partial charge in [0.1, 0.15) is 11.5 Å². The molecule has 0 bridgehead atoms. The number of phenols is 1. The predicted octanol–water partition coefficient (Wildman–Crippen LogP) is 1.89. The molecule has 2 rings (SSSR count). The number of hydrogen-bond donors (Lipinski definition) is 2. The predicted molar refractivity (Wildman–Crippen MR) is 67.0 cm³/mol. The van der Waals surface area contributed by atoms with E-state index in [1.54, 1.807) is 12.1 Å². The molecule has 1 heterocycles. The molecule has 1 unspecified atom stereocenters. The summed E-state index contributed by atoms with van der Waals surface area (Å²) >= 11 is 0. The lowest BCUT2D eigenvalue weighted by molar-refractivity contribution is -0.122. The molecule has 17 heavy (non-hydrogen) atoms. The van der Waals surface area contributed by atoms with E-state index in [0.717, 1.165) is 37.9 Å². The SMILES string of the molecule is O=C(Cc1ccc(O)cc1)C1CCCNCC1. The Balaban J connectivity index is 1.93. The van der Waals surface area contributed by atoms with Crippen LogP contribution < -0.4 is 5.32 Å². The fraction of sp³-hybridized carbons (Fsp3) is 0.500. The summed E-state index contributed by atoms with van der Waals surface area (Å²) in [7, 11) is 0. The molecule has 1 aliphatic rings. The molecule has 2 N–H and O–H groups in total. The quantitative estimate of drug-likeness (QED) is 0.838. The van der Waals surface area contributed by atoms with Crippen LogP contribution in [0.25, 0.3) is 0 Å². The zero-order valence-corrected chi connectivity index (χ0v) is 9.98. The van der Waals surface area contributed by atoms with Crippen molar-refractivity contribution in [3.63, 3.8) is 0 Å². The highest BCUT2D eigenvalue weighted by molar-refractivity contribution is 5.83. The first-order chi connectivity index (χ1) is 8.25. The van der Waals surface area contributed by atoms with Crippen LogP contribution in [0.1, 0.15) is 24.8 Å². The van der Waals surface area contributed by atoms with Crippen LogP contribution in [0.4, 0.5) is 0 Å². The summed E-state index contributed by atoms with van der Waals surface area (Å²) in [6.07, 6.45) is 3.54. The maximum atomic E-state index is 12.1. The van der Waals surface area contributed by atoms with Gasteiger partial charge in [-0.3, -0.25) is 4.79 Å². The third-order valence-corrected chi connectivity index (χ3v) is 3.35. The van der Waals surface area contributed by atoms with Gasteiger partial charge in [0.15, 0.2) is 0 Å². The van der Waals surface area contributed by atoms with Gasteiger partial charge in [0.05, 0.1) is 0 Å². The monoisotopic (exact) mass is 233 g/mol. The van der Waals surface area contributed by atoms with Crippen LogP contribution in [0, 0.1) is 5.92 Å². The largest absolute Gasteiger partial charge is 0.508 e. The van der Waals surface area contributed by atoms with Gasteiger partial charge in [0, 0.05) is 12.3 Å². The summed E-state index contributed by atoms with van der Waals surface area (Å²) in [5.41, 5.74) is 0.991. The highest BCUT2D eigenvalue weighted by Gasteiger charge is 2.19. The van der Waals surface area contributed by atoms with E-state index in [1.165, 1.54) is 0 Å². The summed E-state index contributed by atoms with van der Waals surface area (Å²) in [5, 5.41) is 12.5. The first-order valence-electron chi connectivity index (χ1n) is 6.27. The molecule has 1 aromatic rings. The van der Waals surface area contributed by atoms with Gasteiger partial charge in [0.25, 0.3) is 0 Å². The van der Waals surface area contributed by atoms with E-state index in [0.29, 0.717) is 12.2 Å². The molecule has 0 spiro atoms. The van der Waals surface area contributed by atoms with Gasteiger partial charge in [-0.25, -0.2) is 0 Å². The van der Waals surface area contributed by atoms with E-state index >= 15 is 0 Å². The van der Waals surface area contributed by atoms with Crippen molar-refractivity contribution < 1.29 is 9.90 Å². The Hall–Kier alpha value is -1.35. The van der Waals surface area contributed by atoms with Crippen LogP contribution in [0.15, 0.2) is 24.3 Å². The average Bonchev–Trinajstić information content (AvgIpc) is 2.61. The van der Waals surface area contributed by atoms with Gasteiger partial charge in [-0.05, 0) is 50.0 Å². The minimum absolute atomic E-state index is 0.207. The van der Waals surface area contributed by atoms with Gasteiger partial charge in [-0.2, -0.15) is 0 Å². The molecule has 0 aromatic heterocycles. The Morgan fingerprint density at radius 3 is 2.76 bits per heavy atom. The van der Waals surface area contributed by atoms with Crippen LogP contribution in [-0.2, 0) is 11.2 Å². The Morgan fingerprint density at radius 1 is 1.24 bits per heavy atom. The Morgan fingerprint density at radius 2 is 2.00 bits per heavy atom. The van der Waals surface area contributed by atoms with E-state index in [1.807, 2.05) is 12.1 Å². The van der Waals surface area contributed by atoms with Crippen molar-refractivity contribution >= 4 is 5.78 Å². The Kier molecular flexibility index (Phi) is 4.15. The van der Waals surface area contributed by atoms with Gasteiger partial charge in [0.2, 0.25) is 0 Å².